The van der Waals surface area contributed by atoms with E-state index in [1.807, 2.05) is 18.2 Å². The van der Waals surface area contributed by atoms with Gasteiger partial charge in [-0.05, 0) is 29.8 Å². The average Bonchev–Trinajstić information content (AvgIpc) is 2.99. The van der Waals surface area contributed by atoms with Crippen molar-refractivity contribution in [2.45, 2.75) is 6.10 Å². The molecule has 1 atom stereocenters. The van der Waals surface area contributed by atoms with E-state index in [9.17, 15) is 9.18 Å². The Kier molecular flexibility index (Phi) is 4.39. The first-order chi connectivity index (χ1) is 11.2. The van der Waals surface area contributed by atoms with Crippen molar-refractivity contribution in [3.63, 3.8) is 0 Å². The van der Waals surface area contributed by atoms with Crippen LogP contribution in [0.15, 0.2) is 59.0 Å². The molecular weight excluding hydrogens is 297 g/mol. The number of fused-ring (bicyclic) bond motifs is 1. The topological polar surface area (TPSA) is 51.5 Å². The average molecular weight is 313 g/mol. The molecule has 0 unspecified atom stereocenters. The number of hydrogen-bond donors (Lipinski definition) is 1. The van der Waals surface area contributed by atoms with Gasteiger partial charge in [0.1, 0.15) is 11.4 Å². The number of furan rings is 1. The van der Waals surface area contributed by atoms with Crippen molar-refractivity contribution in [2.75, 3.05) is 13.7 Å². The molecule has 4 nitrogen and oxygen atoms in total. The molecule has 0 aliphatic rings. The van der Waals surface area contributed by atoms with Crippen LogP contribution in [0.5, 0.6) is 0 Å². The molecular formula is C18H16FNO3. The molecule has 1 N–H and O–H groups in total. The van der Waals surface area contributed by atoms with E-state index < -0.39 is 6.10 Å². The number of rotatable bonds is 5. The van der Waals surface area contributed by atoms with E-state index in [4.69, 9.17) is 9.15 Å². The molecule has 0 radical (unpaired) electrons. The van der Waals surface area contributed by atoms with Gasteiger partial charge in [0, 0.05) is 19.0 Å². The highest BCUT2D eigenvalue weighted by Gasteiger charge is 2.16. The van der Waals surface area contributed by atoms with Crippen LogP contribution >= 0.6 is 0 Å². The minimum Gasteiger partial charge on any atom is -0.451 e. The standard InChI is InChI=1S/C18H16FNO3/c1-22-17(12-6-4-7-14(19)9-12)11-20-18(21)16-10-13-5-2-3-8-15(13)23-16/h2-10,17H,11H2,1H3,(H,20,21)/t17-/m1/s1. The highest BCUT2D eigenvalue weighted by Crippen LogP contribution is 2.20. The minimum atomic E-state index is -0.431. The first-order valence-electron chi connectivity index (χ1n) is 7.22. The lowest BCUT2D eigenvalue weighted by Crippen LogP contribution is -2.28. The predicted molar refractivity (Wildman–Crippen MR) is 84.7 cm³/mol. The van der Waals surface area contributed by atoms with Gasteiger partial charge < -0.3 is 14.5 Å². The summed E-state index contributed by atoms with van der Waals surface area (Å²) < 4.78 is 24.1. The van der Waals surface area contributed by atoms with E-state index in [0.717, 1.165) is 5.39 Å². The van der Waals surface area contributed by atoms with Gasteiger partial charge in [0.25, 0.3) is 5.91 Å². The second-order valence-corrected chi connectivity index (χ2v) is 5.14. The SMILES string of the molecule is CO[C@H](CNC(=O)c1cc2ccccc2o1)c1cccc(F)c1. The molecule has 1 aromatic heterocycles. The number of carbonyl (C=O) groups is 1. The predicted octanol–water partition coefficient (Wildman–Crippen LogP) is 3.69. The summed E-state index contributed by atoms with van der Waals surface area (Å²) in [5, 5.41) is 3.62. The Bertz CT molecular complexity index is 795. The molecule has 23 heavy (non-hydrogen) atoms. The van der Waals surface area contributed by atoms with Crippen molar-refractivity contribution in [1.82, 2.24) is 5.32 Å². The van der Waals surface area contributed by atoms with E-state index in [-0.39, 0.29) is 24.0 Å². The van der Waals surface area contributed by atoms with Crippen LogP contribution in [-0.4, -0.2) is 19.6 Å². The lowest BCUT2D eigenvalue weighted by Gasteiger charge is -2.16. The number of benzene rings is 2. The lowest BCUT2D eigenvalue weighted by atomic mass is 10.1. The van der Waals surface area contributed by atoms with Crippen LogP contribution < -0.4 is 5.32 Å². The van der Waals surface area contributed by atoms with Gasteiger partial charge in [0.2, 0.25) is 0 Å². The quantitative estimate of drug-likeness (QED) is 0.781. The van der Waals surface area contributed by atoms with Gasteiger partial charge in [-0.3, -0.25) is 4.79 Å². The molecule has 0 fully saturated rings. The highest BCUT2D eigenvalue weighted by molar-refractivity contribution is 5.96. The number of nitrogens with one attached hydrogen (secondary N) is 1. The summed E-state index contributed by atoms with van der Waals surface area (Å²) in [7, 11) is 1.52. The molecule has 3 rings (SSSR count). The summed E-state index contributed by atoms with van der Waals surface area (Å²) in [6.07, 6.45) is -0.431. The molecule has 0 aliphatic heterocycles. The van der Waals surface area contributed by atoms with Gasteiger partial charge in [-0.1, -0.05) is 30.3 Å². The molecule has 0 saturated heterocycles. The van der Waals surface area contributed by atoms with Crippen molar-refractivity contribution in [2.24, 2.45) is 0 Å². The largest absolute Gasteiger partial charge is 0.451 e. The maximum Gasteiger partial charge on any atom is 0.287 e. The first-order valence-corrected chi connectivity index (χ1v) is 7.22. The number of halogens is 1. The number of methoxy groups -OCH3 is 1. The van der Waals surface area contributed by atoms with Crippen LogP contribution in [0.3, 0.4) is 0 Å². The molecule has 1 amide bonds. The molecule has 5 heteroatoms. The number of ether oxygens (including phenoxy) is 1. The summed E-state index contributed by atoms with van der Waals surface area (Å²) in [4.78, 5) is 12.2. The maximum atomic E-state index is 13.3. The van der Waals surface area contributed by atoms with E-state index in [1.165, 1.54) is 19.2 Å². The van der Waals surface area contributed by atoms with E-state index >= 15 is 0 Å². The Hall–Kier alpha value is -2.66. The fourth-order valence-corrected chi connectivity index (χ4v) is 2.41. The van der Waals surface area contributed by atoms with Crippen molar-refractivity contribution in [1.29, 1.82) is 0 Å². The fourth-order valence-electron chi connectivity index (χ4n) is 2.41. The van der Waals surface area contributed by atoms with Gasteiger partial charge in [0.05, 0.1) is 6.10 Å². The Labute approximate surface area is 132 Å². The molecule has 0 spiro atoms. The highest BCUT2D eigenvalue weighted by atomic mass is 19.1. The van der Waals surface area contributed by atoms with Crippen LogP contribution in [0.2, 0.25) is 0 Å². The van der Waals surface area contributed by atoms with Crippen LogP contribution in [0.25, 0.3) is 11.0 Å². The number of carbonyl (C=O) groups excluding carboxylic acids is 1. The normalized spacial score (nSPS) is 12.3. The van der Waals surface area contributed by atoms with E-state index in [0.29, 0.717) is 11.1 Å². The fraction of sp³-hybridized carbons (Fsp3) is 0.167. The zero-order chi connectivity index (χ0) is 16.2. The van der Waals surface area contributed by atoms with Crippen molar-refractivity contribution < 1.29 is 18.3 Å². The zero-order valence-corrected chi connectivity index (χ0v) is 12.6. The summed E-state index contributed by atoms with van der Waals surface area (Å²) in [5.74, 6) is -0.437. The summed E-state index contributed by atoms with van der Waals surface area (Å²) in [6.45, 7) is 0.218. The van der Waals surface area contributed by atoms with Crippen molar-refractivity contribution in [3.8, 4) is 0 Å². The summed E-state index contributed by atoms with van der Waals surface area (Å²) >= 11 is 0. The summed E-state index contributed by atoms with van der Waals surface area (Å²) in [5.41, 5.74) is 1.32. The third-order valence-corrected chi connectivity index (χ3v) is 3.60. The molecule has 3 aromatic rings. The first kappa shape index (κ1) is 15.2. The molecule has 0 aliphatic carbocycles. The van der Waals surface area contributed by atoms with Crippen LogP contribution in [0, 0.1) is 5.82 Å². The van der Waals surface area contributed by atoms with Gasteiger partial charge in [0.15, 0.2) is 5.76 Å². The molecule has 0 saturated carbocycles. The van der Waals surface area contributed by atoms with Crippen LogP contribution in [0.1, 0.15) is 22.2 Å². The second kappa shape index (κ2) is 6.62. The maximum absolute atomic E-state index is 13.3. The monoisotopic (exact) mass is 313 g/mol. The smallest absolute Gasteiger partial charge is 0.287 e. The minimum absolute atomic E-state index is 0.218. The van der Waals surface area contributed by atoms with Gasteiger partial charge in [-0.25, -0.2) is 4.39 Å². The molecule has 1 heterocycles. The van der Waals surface area contributed by atoms with Crippen LogP contribution in [0.4, 0.5) is 4.39 Å². The Morgan fingerprint density at radius 1 is 1.22 bits per heavy atom. The lowest BCUT2D eigenvalue weighted by molar-refractivity contribution is 0.0808. The second-order valence-electron chi connectivity index (χ2n) is 5.14. The van der Waals surface area contributed by atoms with Gasteiger partial charge in [-0.15, -0.1) is 0 Å². The molecule has 0 bridgehead atoms. The van der Waals surface area contributed by atoms with E-state index in [2.05, 4.69) is 5.32 Å². The summed E-state index contributed by atoms with van der Waals surface area (Å²) in [6, 6.07) is 15.2. The third-order valence-electron chi connectivity index (χ3n) is 3.60. The zero-order valence-electron chi connectivity index (χ0n) is 12.6. The van der Waals surface area contributed by atoms with Crippen LogP contribution in [-0.2, 0) is 4.74 Å². The van der Waals surface area contributed by atoms with Crippen molar-refractivity contribution in [3.05, 3.63) is 71.7 Å². The van der Waals surface area contributed by atoms with Crippen molar-refractivity contribution >= 4 is 16.9 Å². The Balaban J connectivity index is 1.69. The van der Waals surface area contributed by atoms with Gasteiger partial charge >= 0.3 is 0 Å². The third kappa shape index (κ3) is 3.40. The molecule has 2 aromatic carbocycles. The Morgan fingerprint density at radius 2 is 2.04 bits per heavy atom. The number of hydrogen-bond acceptors (Lipinski definition) is 3. The number of amides is 1. The van der Waals surface area contributed by atoms with E-state index in [1.54, 1.807) is 24.3 Å². The molecule has 118 valence electrons. The number of para-hydroxylation sites is 1. The van der Waals surface area contributed by atoms with Gasteiger partial charge in [-0.2, -0.15) is 0 Å². The Morgan fingerprint density at radius 3 is 2.78 bits per heavy atom.